The lowest BCUT2D eigenvalue weighted by atomic mass is 10.0. The fourth-order valence-corrected chi connectivity index (χ4v) is 3.10. The first-order valence-corrected chi connectivity index (χ1v) is 8.47. The van der Waals surface area contributed by atoms with Crippen LogP contribution in [0.2, 0.25) is 0 Å². The number of halogens is 7. The van der Waals surface area contributed by atoms with E-state index in [1.807, 2.05) is 0 Å². The van der Waals surface area contributed by atoms with E-state index >= 15 is 0 Å². The number of imidazole rings is 1. The van der Waals surface area contributed by atoms with Crippen LogP contribution < -0.4 is 0 Å². The summed E-state index contributed by atoms with van der Waals surface area (Å²) in [5.74, 6) is -2.65. The van der Waals surface area contributed by atoms with Gasteiger partial charge in [0.25, 0.3) is 0 Å². The molecule has 164 valence electrons. The molecule has 0 amide bonds. The summed E-state index contributed by atoms with van der Waals surface area (Å²) < 4.78 is 94.0. The zero-order valence-electron chi connectivity index (χ0n) is 15.5. The highest BCUT2D eigenvalue weighted by Gasteiger charge is 2.37. The number of rotatable bonds is 4. The van der Waals surface area contributed by atoms with Crippen LogP contribution in [-0.4, -0.2) is 25.6 Å². The largest absolute Gasteiger partial charge is 0.477 e. The normalized spacial score (nSPS) is 12.3. The first kappa shape index (κ1) is 22.2. The first-order chi connectivity index (χ1) is 14.3. The molecule has 0 saturated carbocycles. The van der Waals surface area contributed by atoms with Crippen molar-refractivity contribution >= 4 is 5.97 Å². The van der Waals surface area contributed by atoms with Crippen LogP contribution in [0.15, 0.2) is 36.7 Å². The van der Waals surface area contributed by atoms with Gasteiger partial charge in [-0.25, -0.2) is 14.2 Å². The van der Waals surface area contributed by atoms with Crippen molar-refractivity contribution in [2.75, 3.05) is 0 Å². The number of aromatic nitrogens is 3. The number of aryl methyl sites for hydroxylation is 1. The highest BCUT2D eigenvalue weighted by Crippen LogP contribution is 2.37. The van der Waals surface area contributed by atoms with E-state index in [2.05, 4.69) is 9.97 Å². The summed E-state index contributed by atoms with van der Waals surface area (Å²) in [6.45, 7) is 0.347. The summed E-state index contributed by atoms with van der Waals surface area (Å²) in [4.78, 5) is 19.3. The molecule has 0 saturated heterocycles. The number of hydrogen-bond donors (Lipinski definition) is 1. The molecule has 12 heteroatoms. The van der Waals surface area contributed by atoms with Crippen LogP contribution in [0.25, 0.3) is 11.4 Å². The maximum atomic E-state index is 13.6. The van der Waals surface area contributed by atoms with Gasteiger partial charge in [-0.2, -0.15) is 26.3 Å². The zero-order chi connectivity index (χ0) is 23.1. The summed E-state index contributed by atoms with van der Waals surface area (Å²) in [5.41, 5.74) is -4.26. The summed E-state index contributed by atoms with van der Waals surface area (Å²) in [7, 11) is 0. The van der Waals surface area contributed by atoms with Gasteiger partial charge < -0.3 is 9.67 Å². The van der Waals surface area contributed by atoms with E-state index < -0.39 is 53.1 Å². The van der Waals surface area contributed by atoms with Crippen molar-refractivity contribution in [1.82, 2.24) is 14.5 Å². The lowest BCUT2D eigenvalue weighted by Gasteiger charge is -2.18. The molecular formula is C19H12F7N3O2. The summed E-state index contributed by atoms with van der Waals surface area (Å²) >= 11 is 0. The van der Waals surface area contributed by atoms with E-state index in [9.17, 15) is 40.6 Å². The minimum absolute atomic E-state index is 0.0591. The van der Waals surface area contributed by atoms with E-state index in [0.717, 1.165) is 23.0 Å². The Kier molecular flexibility index (Phi) is 5.51. The van der Waals surface area contributed by atoms with Gasteiger partial charge in [0.2, 0.25) is 0 Å². The molecule has 0 fully saturated rings. The van der Waals surface area contributed by atoms with Gasteiger partial charge in [0.05, 0.1) is 29.6 Å². The highest BCUT2D eigenvalue weighted by molar-refractivity contribution is 5.88. The predicted octanol–water partition coefficient (Wildman–Crippen LogP) is 5.18. The van der Waals surface area contributed by atoms with Crippen molar-refractivity contribution in [3.05, 3.63) is 70.6 Å². The number of hydrogen-bond acceptors (Lipinski definition) is 3. The number of carboxylic acids is 1. The van der Waals surface area contributed by atoms with Crippen molar-refractivity contribution < 1.29 is 40.6 Å². The van der Waals surface area contributed by atoms with Crippen LogP contribution >= 0.6 is 0 Å². The topological polar surface area (TPSA) is 68.0 Å². The summed E-state index contributed by atoms with van der Waals surface area (Å²) in [6.07, 6.45) is -7.98. The van der Waals surface area contributed by atoms with E-state index in [0.29, 0.717) is 12.1 Å². The molecule has 0 atom stereocenters. The van der Waals surface area contributed by atoms with Crippen molar-refractivity contribution in [3.8, 4) is 11.4 Å². The van der Waals surface area contributed by atoms with Gasteiger partial charge in [0.15, 0.2) is 5.69 Å². The Morgan fingerprint density at radius 2 is 1.74 bits per heavy atom. The number of carbonyl (C=O) groups is 1. The molecule has 0 radical (unpaired) electrons. The Balaban J connectivity index is 2.26. The molecule has 5 nitrogen and oxygen atoms in total. The number of nitrogens with zero attached hydrogens (tertiary/aromatic N) is 3. The molecule has 0 aliphatic rings. The molecule has 0 spiro atoms. The molecule has 1 aromatic carbocycles. The number of benzene rings is 1. The number of carboxylic acid groups (broad SMARTS) is 1. The molecule has 1 N–H and O–H groups in total. The van der Waals surface area contributed by atoms with Crippen molar-refractivity contribution in [1.29, 1.82) is 0 Å². The Morgan fingerprint density at radius 1 is 1.06 bits per heavy atom. The molecule has 0 unspecified atom stereocenters. The van der Waals surface area contributed by atoms with Crippen molar-refractivity contribution in [3.63, 3.8) is 0 Å². The second-order valence-electron chi connectivity index (χ2n) is 6.52. The van der Waals surface area contributed by atoms with Gasteiger partial charge in [0, 0.05) is 11.8 Å². The van der Waals surface area contributed by atoms with E-state index in [-0.39, 0.29) is 23.1 Å². The van der Waals surface area contributed by atoms with Crippen LogP contribution in [-0.2, 0) is 18.9 Å². The molecule has 3 rings (SSSR count). The van der Waals surface area contributed by atoms with Crippen LogP contribution in [0.5, 0.6) is 0 Å². The van der Waals surface area contributed by atoms with Crippen LogP contribution in [0.4, 0.5) is 30.7 Å². The number of alkyl halides is 6. The maximum absolute atomic E-state index is 13.6. The number of pyridine rings is 1. The average Bonchev–Trinajstić information content (AvgIpc) is 2.96. The minimum atomic E-state index is -5.00. The third kappa shape index (κ3) is 4.52. The SMILES string of the molecule is Cc1nc(-c2cncc(F)c2)n(Cc2cc(C(F)(F)F)ccc2C(F)(F)F)c1C(=O)O. The second-order valence-corrected chi connectivity index (χ2v) is 6.52. The quantitative estimate of drug-likeness (QED) is 0.560. The molecule has 2 heterocycles. The molecule has 3 aromatic rings. The fourth-order valence-electron chi connectivity index (χ4n) is 3.10. The predicted molar refractivity (Wildman–Crippen MR) is 92.7 cm³/mol. The molecule has 31 heavy (non-hydrogen) atoms. The summed E-state index contributed by atoms with van der Waals surface area (Å²) in [5, 5.41) is 9.50. The fraction of sp³-hybridized carbons (Fsp3) is 0.211. The van der Waals surface area contributed by atoms with Gasteiger partial charge in [-0.05, 0) is 36.8 Å². The molecular weight excluding hydrogens is 435 g/mol. The zero-order valence-corrected chi connectivity index (χ0v) is 15.5. The Morgan fingerprint density at radius 3 is 2.29 bits per heavy atom. The van der Waals surface area contributed by atoms with Gasteiger partial charge >= 0.3 is 18.3 Å². The Hall–Kier alpha value is -3.44. The Bertz CT molecular complexity index is 1150. The summed E-state index contributed by atoms with van der Waals surface area (Å²) in [6, 6.07) is 1.80. The third-order valence-corrected chi connectivity index (χ3v) is 4.37. The third-order valence-electron chi connectivity index (χ3n) is 4.37. The smallest absolute Gasteiger partial charge is 0.416 e. The second kappa shape index (κ2) is 7.67. The monoisotopic (exact) mass is 447 g/mol. The van der Waals surface area contributed by atoms with Gasteiger partial charge in [-0.3, -0.25) is 4.98 Å². The van der Waals surface area contributed by atoms with E-state index in [4.69, 9.17) is 0 Å². The van der Waals surface area contributed by atoms with Gasteiger partial charge in [0.1, 0.15) is 11.6 Å². The Labute approximate surface area is 169 Å². The van der Waals surface area contributed by atoms with Gasteiger partial charge in [-0.1, -0.05) is 0 Å². The maximum Gasteiger partial charge on any atom is 0.416 e. The standard InChI is InChI=1S/C19H12F7N3O2/c1-9-15(17(30)31)29(16(28-9)10-5-13(20)7-27-6-10)8-11-4-12(18(21,22)23)2-3-14(11)19(24,25)26/h2-7H,8H2,1H3,(H,30,31). The van der Waals surface area contributed by atoms with E-state index in [1.165, 1.54) is 6.92 Å². The van der Waals surface area contributed by atoms with Crippen molar-refractivity contribution in [2.24, 2.45) is 0 Å². The molecule has 0 bridgehead atoms. The molecule has 0 aliphatic heterocycles. The highest BCUT2D eigenvalue weighted by atomic mass is 19.4. The molecule has 0 aliphatic carbocycles. The van der Waals surface area contributed by atoms with Crippen LogP contribution in [0.3, 0.4) is 0 Å². The average molecular weight is 447 g/mol. The van der Waals surface area contributed by atoms with Crippen molar-refractivity contribution in [2.45, 2.75) is 25.8 Å². The van der Waals surface area contributed by atoms with Crippen LogP contribution in [0, 0.1) is 12.7 Å². The lowest BCUT2D eigenvalue weighted by Crippen LogP contribution is -2.17. The lowest BCUT2D eigenvalue weighted by molar-refractivity contribution is -0.141. The number of aromatic carboxylic acids is 1. The van der Waals surface area contributed by atoms with Gasteiger partial charge in [-0.15, -0.1) is 0 Å². The van der Waals surface area contributed by atoms with Crippen LogP contribution in [0.1, 0.15) is 32.9 Å². The van der Waals surface area contributed by atoms with E-state index in [1.54, 1.807) is 0 Å². The minimum Gasteiger partial charge on any atom is -0.477 e. The first-order valence-electron chi connectivity index (χ1n) is 8.47. The molecule has 2 aromatic heterocycles.